The number of nitrogens with two attached hydrogens (primary N) is 1. The summed E-state index contributed by atoms with van der Waals surface area (Å²) in [7, 11) is 0. The third kappa shape index (κ3) is 7.66. The van der Waals surface area contributed by atoms with Crippen molar-refractivity contribution in [2.45, 2.75) is 44.9 Å². The minimum Gasteiger partial charge on any atom is -0.493 e. The number of unbranched alkanes of at least 4 members (excludes halogenated alkanes) is 3. The first-order chi connectivity index (χ1) is 10.3. The minimum absolute atomic E-state index is 0. The van der Waals surface area contributed by atoms with Crippen molar-refractivity contribution in [3.63, 3.8) is 0 Å². The summed E-state index contributed by atoms with van der Waals surface area (Å²) in [4.78, 5) is 11.8. The normalized spacial score (nSPS) is 13.3. The number of benzene rings is 1. The van der Waals surface area contributed by atoms with Gasteiger partial charge in [-0.05, 0) is 62.4 Å². The van der Waals surface area contributed by atoms with E-state index in [4.69, 9.17) is 10.5 Å². The molecular formula is C17H27ClN2O2. The molecule has 0 aromatic heterocycles. The van der Waals surface area contributed by atoms with Gasteiger partial charge in [0, 0.05) is 12.1 Å². The van der Waals surface area contributed by atoms with Crippen LogP contribution in [0.1, 0.15) is 44.9 Å². The molecule has 0 saturated heterocycles. The quantitative estimate of drug-likeness (QED) is 0.644. The molecule has 2 rings (SSSR count). The number of hydrogen-bond donors (Lipinski definition) is 2. The van der Waals surface area contributed by atoms with Crippen LogP contribution < -0.4 is 15.8 Å². The summed E-state index contributed by atoms with van der Waals surface area (Å²) < 4.78 is 5.67. The fourth-order valence-electron chi connectivity index (χ4n) is 2.14. The number of carbonyl (C=O) groups excluding carboxylic acids is 1. The van der Waals surface area contributed by atoms with Gasteiger partial charge in [0.15, 0.2) is 0 Å². The molecule has 0 heterocycles. The third-order valence-electron chi connectivity index (χ3n) is 3.68. The molecule has 0 bridgehead atoms. The maximum absolute atomic E-state index is 11.8. The molecule has 0 radical (unpaired) electrons. The fourth-order valence-corrected chi connectivity index (χ4v) is 2.14. The Morgan fingerprint density at radius 1 is 1.14 bits per heavy atom. The van der Waals surface area contributed by atoms with E-state index in [0.717, 1.165) is 56.2 Å². The highest BCUT2D eigenvalue weighted by Gasteiger charge is 2.21. The van der Waals surface area contributed by atoms with Crippen LogP contribution in [0.4, 0.5) is 5.69 Å². The van der Waals surface area contributed by atoms with E-state index in [1.54, 1.807) is 0 Å². The van der Waals surface area contributed by atoms with Gasteiger partial charge in [0.25, 0.3) is 0 Å². The Bertz CT molecular complexity index is 433. The number of amides is 1. The van der Waals surface area contributed by atoms with Gasteiger partial charge in [-0.15, -0.1) is 12.4 Å². The van der Waals surface area contributed by atoms with Crippen LogP contribution in [0.2, 0.25) is 0 Å². The first kappa shape index (κ1) is 18.8. The maximum atomic E-state index is 11.8. The van der Waals surface area contributed by atoms with Crippen molar-refractivity contribution in [2.24, 2.45) is 11.7 Å². The monoisotopic (exact) mass is 326 g/mol. The van der Waals surface area contributed by atoms with Crippen LogP contribution in [0.5, 0.6) is 5.75 Å². The summed E-state index contributed by atoms with van der Waals surface area (Å²) in [6.45, 7) is 1.55. The lowest BCUT2D eigenvalue weighted by Gasteiger charge is -2.08. The van der Waals surface area contributed by atoms with Crippen molar-refractivity contribution in [3.05, 3.63) is 24.3 Å². The number of halogens is 1. The lowest BCUT2D eigenvalue weighted by atomic mass is 10.1. The van der Waals surface area contributed by atoms with Gasteiger partial charge in [-0.2, -0.15) is 0 Å². The highest BCUT2D eigenvalue weighted by atomic mass is 35.5. The Morgan fingerprint density at radius 3 is 2.45 bits per heavy atom. The fraction of sp³-hybridized carbons (Fsp3) is 0.588. The van der Waals surface area contributed by atoms with Crippen LogP contribution in [0.15, 0.2) is 24.3 Å². The van der Waals surface area contributed by atoms with E-state index >= 15 is 0 Å². The van der Waals surface area contributed by atoms with E-state index in [2.05, 4.69) is 5.32 Å². The van der Waals surface area contributed by atoms with Crippen molar-refractivity contribution in [1.29, 1.82) is 0 Å². The van der Waals surface area contributed by atoms with Crippen molar-refractivity contribution < 1.29 is 9.53 Å². The second kappa shape index (κ2) is 10.5. The Morgan fingerprint density at radius 2 is 1.82 bits per heavy atom. The van der Waals surface area contributed by atoms with Crippen LogP contribution in [0, 0.1) is 5.92 Å². The zero-order valence-corrected chi connectivity index (χ0v) is 13.9. The molecule has 22 heavy (non-hydrogen) atoms. The number of nitrogens with one attached hydrogen (secondary N) is 1. The van der Waals surface area contributed by atoms with Crippen LogP contribution in [-0.2, 0) is 4.79 Å². The van der Waals surface area contributed by atoms with Crippen LogP contribution in [0.3, 0.4) is 0 Å². The summed E-state index contributed by atoms with van der Waals surface area (Å²) in [5.74, 6) is 1.71. The van der Waals surface area contributed by atoms with Crippen LogP contribution in [-0.4, -0.2) is 19.1 Å². The number of ether oxygens (including phenoxy) is 1. The third-order valence-corrected chi connectivity index (χ3v) is 3.68. The van der Waals surface area contributed by atoms with E-state index in [9.17, 15) is 4.79 Å². The molecule has 4 nitrogen and oxygen atoms in total. The second-order valence-electron chi connectivity index (χ2n) is 5.78. The lowest BCUT2D eigenvalue weighted by Crippen LogP contribution is -2.11. The first-order valence-electron chi connectivity index (χ1n) is 8.00. The minimum atomic E-state index is 0. The van der Waals surface area contributed by atoms with Gasteiger partial charge in [0.2, 0.25) is 5.91 Å². The zero-order chi connectivity index (χ0) is 14.9. The molecule has 0 unspecified atom stereocenters. The van der Waals surface area contributed by atoms with E-state index in [1.165, 1.54) is 12.8 Å². The molecule has 1 amide bonds. The molecule has 124 valence electrons. The second-order valence-corrected chi connectivity index (χ2v) is 5.78. The largest absolute Gasteiger partial charge is 0.493 e. The van der Waals surface area contributed by atoms with E-state index in [1.807, 2.05) is 24.3 Å². The number of rotatable bonds is 10. The van der Waals surface area contributed by atoms with Crippen molar-refractivity contribution in [2.75, 3.05) is 18.5 Å². The van der Waals surface area contributed by atoms with Gasteiger partial charge in [-0.3, -0.25) is 4.79 Å². The predicted octanol–water partition coefficient (Wildman–Crippen LogP) is 3.74. The van der Waals surface area contributed by atoms with E-state index < -0.39 is 0 Å². The summed E-state index contributed by atoms with van der Waals surface area (Å²) >= 11 is 0. The van der Waals surface area contributed by atoms with Gasteiger partial charge in [0.1, 0.15) is 5.75 Å². The van der Waals surface area contributed by atoms with Gasteiger partial charge in [-0.1, -0.05) is 12.8 Å². The molecule has 5 heteroatoms. The molecule has 1 saturated carbocycles. The average molecular weight is 327 g/mol. The average Bonchev–Trinajstić information content (AvgIpc) is 3.31. The molecule has 1 aliphatic carbocycles. The van der Waals surface area contributed by atoms with Gasteiger partial charge in [0.05, 0.1) is 6.61 Å². The standard InChI is InChI=1S/C17H26N2O2.ClH/c18-12-4-2-1-3-5-17(20)19-15-8-10-16(11-9-15)21-13-14-6-7-14;/h8-11,14H,1-7,12-13,18H2,(H,19,20);1H. The van der Waals surface area contributed by atoms with Crippen LogP contribution >= 0.6 is 12.4 Å². The Kier molecular flexibility index (Phi) is 8.94. The Balaban J connectivity index is 0.00000242. The number of hydrogen-bond acceptors (Lipinski definition) is 3. The Hall–Kier alpha value is -1.26. The summed E-state index contributed by atoms with van der Waals surface area (Å²) in [6, 6.07) is 7.63. The molecule has 1 aliphatic rings. The summed E-state index contributed by atoms with van der Waals surface area (Å²) in [5, 5.41) is 2.92. The molecule has 1 aromatic rings. The first-order valence-corrected chi connectivity index (χ1v) is 8.00. The SMILES string of the molecule is Cl.NCCCCCCC(=O)Nc1ccc(OCC2CC2)cc1. The highest BCUT2D eigenvalue weighted by Crippen LogP contribution is 2.29. The van der Waals surface area contributed by atoms with E-state index in [0.29, 0.717) is 6.42 Å². The Labute approximate surface area is 139 Å². The maximum Gasteiger partial charge on any atom is 0.224 e. The van der Waals surface area contributed by atoms with Gasteiger partial charge in [-0.25, -0.2) is 0 Å². The molecule has 0 aliphatic heterocycles. The number of carbonyl (C=O) groups is 1. The lowest BCUT2D eigenvalue weighted by molar-refractivity contribution is -0.116. The molecule has 1 aromatic carbocycles. The summed E-state index contributed by atoms with van der Waals surface area (Å²) in [6.07, 6.45) is 7.30. The summed E-state index contributed by atoms with van der Waals surface area (Å²) in [5.41, 5.74) is 6.27. The van der Waals surface area contributed by atoms with E-state index in [-0.39, 0.29) is 18.3 Å². The predicted molar refractivity (Wildman–Crippen MR) is 92.7 cm³/mol. The van der Waals surface area contributed by atoms with Crippen molar-refractivity contribution >= 4 is 24.0 Å². The topological polar surface area (TPSA) is 64.4 Å². The van der Waals surface area contributed by atoms with Gasteiger partial charge < -0.3 is 15.8 Å². The zero-order valence-electron chi connectivity index (χ0n) is 13.1. The van der Waals surface area contributed by atoms with Crippen LogP contribution in [0.25, 0.3) is 0 Å². The molecule has 1 fully saturated rings. The van der Waals surface area contributed by atoms with Crippen molar-refractivity contribution in [1.82, 2.24) is 0 Å². The van der Waals surface area contributed by atoms with Crippen molar-refractivity contribution in [3.8, 4) is 5.75 Å². The number of anilines is 1. The highest BCUT2D eigenvalue weighted by molar-refractivity contribution is 5.90. The molecule has 3 N–H and O–H groups in total. The molecule has 0 atom stereocenters. The molecular weight excluding hydrogens is 300 g/mol. The van der Waals surface area contributed by atoms with Gasteiger partial charge >= 0.3 is 0 Å². The molecule has 0 spiro atoms. The smallest absolute Gasteiger partial charge is 0.224 e.